The summed E-state index contributed by atoms with van der Waals surface area (Å²) < 4.78 is 0. The highest BCUT2D eigenvalue weighted by atomic mass is 16.2. The lowest BCUT2D eigenvalue weighted by Gasteiger charge is -2.30. The highest BCUT2D eigenvalue weighted by molar-refractivity contribution is 5.85. The number of nitrogens with one attached hydrogen (secondary N) is 3. The maximum absolute atomic E-state index is 11.9. The third-order valence-corrected chi connectivity index (χ3v) is 5.21. The second-order valence-electron chi connectivity index (χ2n) is 7.24. The van der Waals surface area contributed by atoms with Crippen LogP contribution in [0, 0.1) is 0 Å². The molecule has 136 valence electrons. The fourth-order valence-corrected chi connectivity index (χ4v) is 3.66. The Labute approximate surface area is 150 Å². The van der Waals surface area contributed by atoms with Crippen molar-refractivity contribution in [3.8, 4) is 0 Å². The molecule has 0 saturated heterocycles. The minimum absolute atomic E-state index is 0.0124. The van der Waals surface area contributed by atoms with Crippen molar-refractivity contribution in [2.75, 3.05) is 19.6 Å². The van der Waals surface area contributed by atoms with Crippen LogP contribution in [0.25, 0.3) is 0 Å². The largest absolute Gasteiger partial charge is 0.357 e. The van der Waals surface area contributed by atoms with Crippen LogP contribution in [0.2, 0.25) is 0 Å². The zero-order valence-electron chi connectivity index (χ0n) is 15.2. The van der Waals surface area contributed by atoms with Crippen molar-refractivity contribution in [1.82, 2.24) is 16.0 Å². The summed E-state index contributed by atoms with van der Waals surface area (Å²) in [6.45, 7) is 3.87. The van der Waals surface area contributed by atoms with E-state index in [1.54, 1.807) is 0 Å². The minimum atomic E-state index is 0.0124. The summed E-state index contributed by atoms with van der Waals surface area (Å²) in [4.78, 5) is 16.3. The van der Waals surface area contributed by atoms with Crippen molar-refractivity contribution in [1.29, 1.82) is 0 Å². The third kappa shape index (κ3) is 4.97. The SMILES string of the molecule is CCNC(=NCC(=O)NC1CC1)NCC1(c2ccccc2)CCCC1. The lowest BCUT2D eigenvalue weighted by atomic mass is 9.79. The van der Waals surface area contributed by atoms with Gasteiger partial charge in [0.25, 0.3) is 0 Å². The standard InChI is InChI=1S/C20H30N4O/c1-2-21-19(22-14-18(25)24-17-10-11-17)23-15-20(12-6-7-13-20)16-8-4-3-5-9-16/h3-5,8-9,17H,2,6-7,10-15H2,1H3,(H,24,25)(H2,21,22,23). The number of rotatable bonds is 7. The lowest BCUT2D eigenvalue weighted by molar-refractivity contribution is -0.119. The maximum Gasteiger partial charge on any atom is 0.242 e. The summed E-state index contributed by atoms with van der Waals surface area (Å²) in [5.74, 6) is 0.744. The van der Waals surface area contributed by atoms with Gasteiger partial charge in [-0.15, -0.1) is 0 Å². The van der Waals surface area contributed by atoms with Gasteiger partial charge in [-0.3, -0.25) is 4.79 Å². The summed E-state index contributed by atoms with van der Waals surface area (Å²) in [6, 6.07) is 11.2. The molecule has 1 aromatic rings. The number of amides is 1. The van der Waals surface area contributed by atoms with Crippen LogP contribution in [0.4, 0.5) is 0 Å². The molecule has 1 amide bonds. The van der Waals surface area contributed by atoms with Crippen LogP contribution in [0.3, 0.4) is 0 Å². The fraction of sp³-hybridized carbons (Fsp3) is 0.600. The summed E-state index contributed by atoms with van der Waals surface area (Å²) in [6.07, 6.45) is 7.15. The summed E-state index contributed by atoms with van der Waals surface area (Å²) >= 11 is 0. The highest BCUT2D eigenvalue weighted by Gasteiger charge is 2.35. The molecule has 3 rings (SSSR count). The Morgan fingerprint density at radius 2 is 1.88 bits per heavy atom. The third-order valence-electron chi connectivity index (χ3n) is 5.21. The normalized spacial score (nSPS) is 19.5. The number of hydrogen-bond donors (Lipinski definition) is 3. The van der Waals surface area contributed by atoms with Gasteiger partial charge in [-0.2, -0.15) is 0 Å². The molecule has 0 spiro atoms. The maximum atomic E-state index is 11.9. The topological polar surface area (TPSA) is 65.5 Å². The molecule has 2 saturated carbocycles. The number of hydrogen-bond acceptors (Lipinski definition) is 2. The summed E-state index contributed by atoms with van der Waals surface area (Å²) in [5.41, 5.74) is 1.58. The van der Waals surface area contributed by atoms with Crippen molar-refractivity contribution >= 4 is 11.9 Å². The molecule has 0 aromatic heterocycles. The van der Waals surface area contributed by atoms with E-state index in [9.17, 15) is 4.79 Å². The smallest absolute Gasteiger partial charge is 0.242 e. The van der Waals surface area contributed by atoms with Gasteiger partial charge in [0.05, 0.1) is 0 Å². The van der Waals surface area contributed by atoms with Crippen molar-refractivity contribution in [3.05, 3.63) is 35.9 Å². The second kappa shape index (κ2) is 8.37. The summed E-state index contributed by atoms with van der Waals surface area (Å²) in [7, 11) is 0. The van der Waals surface area contributed by atoms with Crippen LogP contribution in [0.5, 0.6) is 0 Å². The number of carbonyl (C=O) groups excluding carboxylic acids is 1. The van der Waals surface area contributed by atoms with E-state index < -0.39 is 0 Å². The average Bonchev–Trinajstić information content (AvgIpc) is 3.31. The number of nitrogens with zero attached hydrogens (tertiary/aromatic N) is 1. The molecule has 0 radical (unpaired) electrons. The molecule has 2 aliphatic rings. The first kappa shape index (κ1) is 17.8. The molecular formula is C20H30N4O. The number of guanidine groups is 1. The Balaban J connectivity index is 1.61. The van der Waals surface area contributed by atoms with Gasteiger partial charge in [0, 0.05) is 24.5 Å². The van der Waals surface area contributed by atoms with Crippen molar-refractivity contribution in [2.24, 2.45) is 4.99 Å². The molecule has 1 aromatic carbocycles. The number of carbonyl (C=O) groups is 1. The Morgan fingerprint density at radius 3 is 2.52 bits per heavy atom. The van der Waals surface area contributed by atoms with E-state index in [4.69, 9.17) is 0 Å². The predicted octanol–water partition coefficient (Wildman–Crippen LogP) is 2.33. The minimum Gasteiger partial charge on any atom is -0.357 e. The van der Waals surface area contributed by atoms with E-state index in [1.165, 1.54) is 31.2 Å². The quantitative estimate of drug-likeness (QED) is 0.526. The molecule has 0 unspecified atom stereocenters. The molecule has 5 heteroatoms. The van der Waals surface area contributed by atoms with Gasteiger partial charge in [-0.1, -0.05) is 43.2 Å². The van der Waals surface area contributed by atoms with Crippen LogP contribution < -0.4 is 16.0 Å². The van der Waals surface area contributed by atoms with Crippen LogP contribution in [0.15, 0.2) is 35.3 Å². The first-order valence-corrected chi connectivity index (χ1v) is 9.59. The van der Waals surface area contributed by atoms with Crippen LogP contribution >= 0.6 is 0 Å². The first-order chi connectivity index (χ1) is 12.2. The summed E-state index contributed by atoms with van der Waals surface area (Å²) in [5, 5.41) is 9.72. The number of benzene rings is 1. The van der Waals surface area contributed by atoms with E-state index in [2.05, 4.69) is 51.3 Å². The Hall–Kier alpha value is -2.04. The van der Waals surface area contributed by atoms with Crippen molar-refractivity contribution in [2.45, 2.75) is 56.9 Å². The monoisotopic (exact) mass is 342 g/mol. The average molecular weight is 342 g/mol. The van der Waals surface area contributed by atoms with E-state index in [0.29, 0.717) is 6.04 Å². The van der Waals surface area contributed by atoms with E-state index in [-0.39, 0.29) is 17.9 Å². The van der Waals surface area contributed by atoms with Crippen LogP contribution in [-0.2, 0) is 10.2 Å². The molecular weight excluding hydrogens is 312 g/mol. The molecule has 0 aliphatic heterocycles. The zero-order valence-corrected chi connectivity index (χ0v) is 15.2. The lowest BCUT2D eigenvalue weighted by Crippen LogP contribution is -2.45. The van der Waals surface area contributed by atoms with Crippen LogP contribution in [0.1, 0.15) is 51.0 Å². The molecule has 0 heterocycles. The second-order valence-corrected chi connectivity index (χ2v) is 7.24. The van der Waals surface area contributed by atoms with Crippen molar-refractivity contribution < 1.29 is 4.79 Å². The Morgan fingerprint density at radius 1 is 1.16 bits per heavy atom. The first-order valence-electron chi connectivity index (χ1n) is 9.59. The Bertz CT molecular complexity index is 589. The molecule has 3 N–H and O–H groups in total. The van der Waals surface area contributed by atoms with Gasteiger partial charge >= 0.3 is 0 Å². The van der Waals surface area contributed by atoms with E-state index in [1.807, 2.05) is 6.92 Å². The van der Waals surface area contributed by atoms with Gasteiger partial charge in [0.1, 0.15) is 6.54 Å². The molecule has 2 fully saturated rings. The fourth-order valence-electron chi connectivity index (χ4n) is 3.66. The van der Waals surface area contributed by atoms with E-state index in [0.717, 1.165) is 31.9 Å². The van der Waals surface area contributed by atoms with Gasteiger partial charge in [0.2, 0.25) is 5.91 Å². The van der Waals surface area contributed by atoms with Gasteiger partial charge in [0.15, 0.2) is 5.96 Å². The van der Waals surface area contributed by atoms with Crippen molar-refractivity contribution in [3.63, 3.8) is 0 Å². The highest BCUT2D eigenvalue weighted by Crippen LogP contribution is 2.40. The van der Waals surface area contributed by atoms with Gasteiger partial charge in [-0.05, 0) is 38.2 Å². The molecule has 5 nitrogen and oxygen atoms in total. The Kier molecular flexibility index (Phi) is 5.95. The number of aliphatic imine (C=N–C) groups is 1. The molecule has 0 atom stereocenters. The zero-order chi connectivity index (χ0) is 17.5. The molecule has 25 heavy (non-hydrogen) atoms. The molecule has 0 bridgehead atoms. The van der Waals surface area contributed by atoms with Gasteiger partial charge < -0.3 is 16.0 Å². The van der Waals surface area contributed by atoms with Crippen LogP contribution in [-0.4, -0.2) is 37.5 Å². The molecule has 2 aliphatic carbocycles. The predicted molar refractivity (Wildman–Crippen MR) is 102 cm³/mol. The van der Waals surface area contributed by atoms with Gasteiger partial charge in [-0.25, -0.2) is 4.99 Å². The van der Waals surface area contributed by atoms with E-state index >= 15 is 0 Å².